The first kappa shape index (κ1) is 20.2. The molecule has 0 bridgehead atoms. The van der Waals surface area contributed by atoms with Crippen LogP contribution in [0.3, 0.4) is 0 Å². The summed E-state index contributed by atoms with van der Waals surface area (Å²) < 4.78 is 17.6. The van der Waals surface area contributed by atoms with Crippen LogP contribution in [0.4, 0.5) is 11.7 Å². The summed E-state index contributed by atoms with van der Waals surface area (Å²) in [5, 5.41) is 1.69. The van der Waals surface area contributed by atoms with Crippen molar-refractivity contribution in [3.05, 3.63) is 48.5 Å². The predicted octanol–water partition coefficient (Wildman–Crippen LogP) is 3.88. The molecule has 4 rings (SSSR count). The largest absolute Gasteiger partial charge is 0.489 e. The number of ether oxygens (including phenoxy) is 2. The normalized spacial score (nSPS) is 14.8. The molecule has 0 aliphatic carbocycles. The molecule has 0 amide bonds. The zero-order valence-electron chi connectivity index (χ0n) is 17.4. The van der Waals surface area contributed by atoms with Gasteiger partial charge < -0.3 is 18.8 Å². The van der Waals surface area contributed by atoms with Crippen LogP contribution >= 0.6 is 0 Å². The molecule has 1 aromatic heterocycles. The Labute approximate surface area is 175 Å². The van der Waals surface area contributed by atoms with Crippen LogP contribution in [0.15, 0.2) is 57.9 Å². The van der Waals surface area contributed by atoms with Crippen LogP contribution in [-0.2, 0) is 9.57 Å². The van der Waals surface area contributed by atoms with E-state index < -0.39 is 0 Å². The van der Waals surface area contributed by atoms with E-state index in [1.54, 1.807) is 5.06 Å². The summed E-state index contributed by atoms with van der Waals surface area (Å²) in [4.78, 5) is 16.6. The summed E-state index contributed by atoms with van der Waals surface area (Å²) in [5.74, 6) is 1.44. The van der Waals surface area contributed by atoms with E-state index in [4.69, 9.17) is 18.7 Å². The van der Waals surface area contributed by atoms with E-state index in [1.165, 1.54) is 0 Å². The van der Waals surface area contributed by atoms with E-state index in [0.717, 1.165) is 22.6 Å². The fourth-order valence-electron chi connectivity index (χ4n) is 3.25. The number of likely N-dealkylation sites (N-methyl/N-ethyl adjacent to an activating group) is 1. The Balaban J connectivity index is 1.41. The van der Waals surface area contributed by atoms with Gasteiger partial charge in [0.2, 0.25) is 0 Å². The maximum Gasteiger partial charge on any atom is 0.298 e. The molecule has 158 valence electrons. The summed E-state index contributed by atoms with van der Waals surface area (Å²) in [7, 11) is 1.93. The number of hydrogen-bond acceptors (Lipinski definition) is 8. The number of hydroxylamine groups is 1. The number of benzene rings is 2. The lowest BCUT2D eigenvalue weighted by Gasteiger charge is -2.24. The molecule has 0 spiro atoms. The Kier molecular flexibility index (Phi) is 6.15. The predicted molar refractivity (Wildman–Crippen MR) is 116 cm³/mol. The highest BCUT2D eigenvalue weighted by Gasteiger charge is 2.27. The van der Waals surface area contributed by atoms with Gasteiger partial charge in [-0.05, 0) is 38.1 Å². The topological polar surface area (TPSA) is 72.6 Å². The Bertz CT molecular complexity index is 986. The van der Waals surface area contributed by atoms with Crippen molar-refractivity contribution in [2.24, 2.45) is 4.99 Å². The fraction of sp³-hybridized carbons (Fsp3) is 0.364. The third kappa shape index (κ3) is 4.24. The van der Waals surface area contributed by atoms with Crippen molar-refractivity contribution in [1.82, 2.24) is 4.98 Å². The molecule has 1 aliphatic rings. The molecular weight excluding hydrogens is 384 g/mol. The van der Waals surface area contributed by atoms with Gasteiger partial charge in [-0.3, -0.25) is 0 Å². The van der Waals surface area contributed by atoms with E-state index >= 15 is 0 Å². The standard InChI is InChI=1S/C22H26N4O4/c1-4-27-16(2)21-23-15-29-26(21)18-10-6-8-12-20(18)28-14-13-25(3)22-24-17-9-5-7-11-19(17)30-22/h5-12,16H,4,13-15H2,1-3H3. The van der Waals surface area contributed by atoms with Gasteiger partial charge in [-0.15, -0.1) is 0 Å². The molecule has 30 heavy (non-hydrogen) atoms. The van der Waals surface area contributed by atoms with E-state index in [9.17, 15) is 0 Å². The maximum atomic E-state index is 6.08. The maximum absolute atomic E-state index is 6.08. The molecule has 0 fully saturated rings. The molecule has 8 heteroatoms. The molecule has 2 heterocycles. The lowest BCUT2D eigenvalue weighted by atomic mass is 10.2. The second kappa shape index (κ2) is 9.15. The fourth-order valence-corrected chi connectivity index (χ4v) is 3.25. The number of aliphatic imine (C=N–C) groups is 1. The van der Waals surface area contributed by atoms with Gasteiger partial charge in [0.1, 0.15) is 29.7 Å². The van der Waals surface area contributed by atoms with Gasteiger partial charge in [0, 0.05) is 13.7 Å². The molecule has 2 aromatic carbocycles. The molecule has 1 atom stereocenters. The zero-order chi connectivity index (χ0) is 20.9. The van der Waals surface area contributed by atoms with Gasteiger partial charge in [-0.25, -0.2) is 9.83 Å². The van der Waals surface area contributed by atoms with Crippen LogP contribution in [0.5, 0.6) is 5.75 Å². The lowest BCUT2D eigenvalue weighted by Crippen LogP contribution is -2.35. The van der Waals surface area contributed by atoms with Crippen LogP contribution in [0.25, 0.3) is 11.1 Å². The minimum Gasteiger partial charge on any atom is -0.489 e. The lowest BCUT2D eigenvalue weighted by molar-refractivity contribution is 0.113. The number of aromatic nitrogens is 1. The van der Waals surface area contributed by atoms with Crippen molar-refractivity contribution in [2.45, 2.75) is 20.0 Å². The third-order valence-electron chi connectivity index (χ3n) is 4.78. The number of amidine groups is 1. The van der Waals surface area contributed by atoms with Crippen molar-refractivity contribution < 1.29 is 18.7 Å². The molecule has 0 saturated carbocycles. The summed E-state index contributed by atoms with van der Waals surface area (Å²) in [6.07, 6.45) is -0.171. The number of rotatable bonds is 9. The first-order chi connectivity index (χ1) is 14.7. The third-order valence-corrected chi connectivity index (χ3v) is 4.78. The minimum atomic E-state index is -0.171. The number of nitrogens with zero attached hydrogens (tertiary/aromatic N) is 4. The van der Waals surface area contributed by atoms with Gasteiger partial charge >= 0.3 is 0 Å². The highest BCUT2D eigenvalue weighted by molar-refractivity contribution is 6.01. The van der Waals surface area contributed by atoms with E-state index in [2.05, 4.69) is 9.98 Å². The molecular formula is C22H26N4O4. The van der Waals surface area contributed by atoms with E-state index in [1.807, 2.05) is 74.3 Å². The van der Waals surface area contributed by atoms with Crippen molar-refractivity contribution in [3.63, 3.8) is 0 Å². The van der Waals surface area contributed by atoms with Gasteiger partial charge in [0.05, 0.1) is 6.54 Å². The minimum absolute atomic E-state index is 0.171. The molecule has 8 nitrogen and oxygen atoms in total. The molecule has 0 N–H and O–H groups in total. The second-order valence-corrected chi connectivity index (χ2v) is 6.87. The summed E-state index contributed by atoms with van der Waals surface area (Å²) >= 11 is 0. The van der Waals surface area contributed by atoms with Crippen molar-refractivity contribution in [2.75, 3.05) is 43.5 Å². The monoisotopic (exact) mass is 410 g/mol. The SMILES string of the molecule is CCOC(C)C1=NCON1c1ccccc1OCCN(C)c1nc2ccccc2o1. The quantitative estimate of drug-likeness (QED) is 0.530. The van der Waals surface area contributed by atoms with Crippen molar-refractivity contribution >= 4 is 28.6 Å². The molecule has 1 unspecified atom stereocenters. The Morgan fingerprint density at radius 3 is 2.80 bits per heavy atom. The smallest absolute Gasteiger partial charge is 0.298 e. The number of para-hydroxylation sites is 4. The van der Waals surface area contributed by atoms with E-state index in [0.29, 0.717) is 31.5 Å². The first-order valence-corrected chi connectivity index (χ1v) is 10.0. The molecule has 1 aliphatic heterocycles. The van der Waals surface area contributed by atoms with Crippen LogP contribution in [-0.4, -0.2) is 50.5 Å². The molecule has 0 radical (unpaired) electrons. The Hall–Kier alpha value is -3.10. The Morgan fingerprint density at radius 1 is 1.17 bits per heavy atom. The van der Waals surface area contributed by atoms with Crippen LogP contribution in [0.1, 0.15) is 13.8 Å². The number of hydrogen-bond donors (Lipinski definition) is 0. The summed E-state index contributed by atoms with van der Waals surface area (Å²) in [6.45, 7) is 5.85. The van der Waals surface area contributed by atoms with Gasteiger partial charge in [0.15, 0.2) is 18.1 Å². The molecule has 0 saturated heterocycles. The van der Waals surface area contributed by atoms with Crippen molar-refractivity contribution in [1.29, 1.82) is 0 Å². The van der Waals surface area contributed by atoms with Crippen LogP contribution in [0, 0.1) is 0 Å². The number of fused-ring (bicyclic) bond motifs is 1. The second-order valence-electron chi connectivity index (χ2n) is 6.87. The summed E-state index contributed by atoms with van der Waals surface area (Å²) in [6, 6.07) is 16.0. The van der Waals surface area contributed by atoms with Gasteiger partial charge in [-0.1, -0.05) is 24.3 Å². The number of oxazole rings is 1. The highest BCUT2D eigenvalue weighted by atomic mass is 16.7. The highest BCUT2D eigenvalue weighted by Crippen LogP contribution is 2.31. The van der Waals surface area contributed by atoms with Crippen molar-refractivity contribution in [3.8, 4) is 5.75 Å². The molecule has 3 aromatic rings. The first-order valence-electron chi connectivity index (χ1n) is 10.0. The average molecular weight is 410 g/mol. The van der Waals surface area contributed by atoms with Gasteiger partial charge in [-0.2, -0.15) is 10.0 Å². The average Bonchev–Trinajstić information content (AvgIpc) is 3.41. The number of anilines is 2. The van der Waals surface area contributed by atoms with Gasteiger partial charge in [0.25, 0.3) is 6.01 Å². The van der Waals surface area contributed by atoms with E-state index in [-0.39, 0.29) is 12.8 Å². The summed E-state index contributed by atoms with van der Waals surface area (Å²) in [5.41, 5.74) is 2.41. The zero-order valence-corrected chi connectivity index (χ0v) is 17.4. The Morgan fingerprint density at radius 2 is 1.97 bits per heavy atom. The van der Waals surface area contributed by atoms with Crippen LogP contribution in [0.2, 0.25) is 0 Å². The van der Waals surface area contributed by atoms with Crippen LogP contribution < -0.4 is 14.7 Å².